The molecular weight excluding hydrogens is 274 g/mol. The summed E-state index contributed by atoms with van der Waals surface area (Å²) in [5, 5.41) is 2.32. The van der Waals surface area contributed by atoms with Gasteiger partial charge in [-0.3, -0.25) is 4.79 Å². The molecule has 0 N–H and O–H groups in total. The Morgan fingerprint density at radius 2 is 1.95 bits per heavy atom. The molecule has 0 fully saturated rings. The van der Waals surface area contributed by atoms with Crippen LogP contribution in [-0.2, 0) is 6.54 Å². The summed E-state index contributed by atoms with van der Waals surface area (Å²) in [5.41, 5.74) is 3.69. The van der Waals surface area contributed by atoms with Crippen LogP contribution in [0.3, 0.4) is 0 Å². The highest BCUT2D eigenvalue weighted by Crippen LogP contribution is 2.18. The van der Waals surface area contributed by atoms with E-state index in [1.165, 1.54) is 16.5 Å². The van der Waals surface area contributed by atoms with Crippen LogP contribution in [0.5, 0.6) is 0 Å². The molecule has 0 unspecified atom stereocenters. The molecule has 3 rings (SSSR count). The van der Waals surface area contributed by atoms with Crippen molar-refractivity contribution in [2.24, 2.45) is 0 Å². The van der Waals surface area contributed by atoms with Gasteiger partial charge in [-0.25, -0.2) is 0 Å². The minimum atomic E-state index is -0.214. The normalized spacial score (nSPS) is 10.2. The minimum Gasteiger partial charge on any atom is -0.459 e. The first kappa shape index (κ1) is 13.9. The van der Waals surface area contributed by atoms with Crippen molar-refractivity contribution in [3.8, 4) is 0 Å². The molecule has 0 bridgehead atoms. The van der Waals surface area contributed by atoms with Gasteiger partial charge in [0.2, 0.25) is 0 Å². The Morgan fingerprint density at radius 1 is 1.14 bits per heavy atom. The first-order valence-electron chi connectivity index (χ1n) is 6.96. The van der Waals surface area contributed by atoms with Crippen LogP contribution >= 0.6 is 0 Å². The van der Waals surface area contributed by atoms with Crippen molar-refractivity contribution in [1.29, 1.82) is 0 Å². The SMILES string of the molecule is C=C=CN(Cc1ccc2ccccc2c1)C(=O)c1ccco1. The Hall–Kier alpha value is -3.03. The summed E-state index contributed by atoms with van der Waals surface area (Å²) >= 11 is 0. The average Bonchev–Trinajstić information content (AvgIpc) is 3.08. The third-order valence-electron chi connectivity index (χ3n) is 3.41. The van der Waals surface area contributed by atoms with Gasteiger partial charge in [-0.2, -0.15) is 0 Å². The van der Waals surface area contributed by atoms with Crippen LogP contribution < -0.4 is 0 Å². The van der Waals surface area contributed by atoms with Gasteiger partial charge in [0.25, 0.3) is 5.91 Å². The molecule has 0 aliphatic heterocycles. The van der Waals surface area contributed by atoms with E-state index in [0.717, 1.165) is 10.9 Å². The van der Waals surface area contributed by atoms with E-state index in [1.807, 2.05) is 18.2 Å². The molecule has 1 amide bonds. The fourth-order valence-corrected chi connectivity index (χ4v) is 2.36. The molecule has 0 aliphatic rings. The van der Waals surface area contributed by atoms with Crippen LogP contribution in [0, 0.1) is 0 Å². The van der Waals surface area contributed by atoms with Gasteiger partial charge < -0.3 is 9.32 Å². The Morgan fingerprint density at radius 3 is 2.68 bits per heavy atom. The van der Waals surface area contributed by atoms with Crippen molar-refractivity contribution in [2.45, 2.75) is 6.54 Å². The van der Waals surface area contributed by atoms with Gasteiger partial charge in [-0.05, 0) is 34.5 Å². The van der Waals surface area contributed by atoms with Gasteiger partial charge in [0.15, 0.2) is 5.76 Å². The molecule has 0 saturated heterocycles. The van der Waals surface area contributed by atoms with Gasteiger partial charge in [0, 0.05) is 6.20 Å². The van der Waals surface area contributed by atoms with Crippen molar-refractivity contribution < 1.29 is 9.21 Å². The molecular formula is C19H15NO2. The quantitative estimate of drug-likeness (QED) is 0.668. The third kappa shape index (κ3) is 2.85. The summed E-state index contributed by atoms with van der Waals surface area (Å²) < 4.78 is 5.17. The van der Waals surface area contributed by atoms with Gasteiger partial charge >= 0.3 is 0 Å². The smallest absolute Gasteiger partial charge is 0.294 e. The van der Waals surface area contributed by atoms with Crippen LogP contribution in [0.25, 0.3) is 10.8 Å². The Bertz CT molecular complexity index is 843. The van der Waals surface area contributed by atoms with Crippen LogP contribution in [0.1, 0.15) is 16.1 Å². The zero-order chi connectivity index (χ0) is 15.4. The van der Waals surface area contributed by atoms with Crippen LogP contribution in [0.15, 0.2) is 83.8 Å². The van der Waals surface area contributed by atoms with Gasteiger partial charge in [0.05, 0.1) is 12.8 Å². The summed E-state index contributed by atoms with van der Waals surface area (Å²) in [6, 6.07) is 17.6. The van der Waals surface area contributed by atoms with E-state index in [-0.39, 0.29) is 5.91 Å². The average molecular weight is 289 g/mol. The fraction of sp³-hybridized carbons (Fsp3) is 0.0526. The molecule has 3 heteroatoms. The molecule has 0 atom stereocenters. The largest absolute Gasteiger partial charge is 0.459 e. The molecule has 22 heavy (non-hydrogen) atoms. The maximum atomic E-state index is 12.4. The Kier molecular flexibility index (Phi) is 3.90. The number of furan rings is 1. The molecule has 3 aromatic rings. The number of fused-ring (bicyclic) bond motifs is 1. The third-order valence-corrected chi connectivity index (χ3v) is 3.41. The second-order valence-electron chi connectivity index (χ2n) is 4.93. The first-order chi connectivity index (χ1) is 10.8. The van der Waals surface area contributed by atoms with E-state index in [9.17, 15) is 4.79 Å². The number of hydrogen-bond donors (Lipinski definition) is 0. The van der Waals surface area contributed by atoms with E-state index in [0.29, 0.717) is 12.3 Å². The monoisotopic (exact) mass is 289 g/mol. The summed E-state index contributed by atoms with van der Waals surface area (Å²) in [5.74, 6) is 0.0848. The molecule has 0 aliphatic carbocycles. The number of hydrogen-bond acceptors (Lipinski definition) is 2. The number of carbonyl (C=O) groups is 1. The highest BCUT2D eigenvalue weighted by Gasteiger charge is 2.16. The maximum absolute atomic E-state index is 12.4. The van der Waals surface area contributed by atoms with Crippen molar-refractivity contribution in [1.82, 2.24) is 4.90 Å². The summed E-state index contributed by atoms with van der Waals surface area (Å²) in [4.78, 5) is 13.9. The highest BCUT2D eigenvalue weighted by molar-refractivity contribution is 5.92. The molecule has 1 heterocycles. The van der Waals surface area contributed by atoms with E-state index < -0.39 is 0 Å². The molecule has 0 saturated carbocycles. The van der Waals surface area contributed by atoms with E-state index in [4.69, 9.17) is 4.42 Å². The van der Waals surface area contributed by atoms with Crippen LogP contribution in [-0.4, -0.2) is 10.8 Å². The Labute approximate surface area is 128 Å². The van der Waals surface area contributed by atoms with Crippen molar-refractivity contribution >= 4 is 16.7 Å². The maximum Gasteiger partial charge on any atom is 0.294 e. The molecule has 1 aromatic heterocycles. The van der Waals surface area contributed by atoms with E-state index in [1.54, 1.807) is 18.3 Å². The van der Waals surface area contributed by atoms with E-state index in [2.05, 4.69) is 36.6 Å². The lowest BCUT2D eigenvalue weighted by atomic mass is 10.1. The number of benzene rings is 2. The molecule has 3 nitrogen and oxygen atoms in total. The van der Waals surface area contributed by atoms with Gasteiger partial charge in [-0.15, -0.1) is 5.73 Å². The predicted octanol–water partition coefficient (Wildman–Crippen LogP) is 4.37. The van der Waals surface area contributed by atoms with E-state index >= 15 is 0 Å². The molecule has 108 valence electrons. The van der Waals surface area contributed by atoms with Gasteiger partial charge in [0.1, 0.15) is 0 Å². The summed E-state index contributed by atoms with van der Waals surface area (Å²) in [6.45, 7) is 3.99. The van der Waals surface area contributed by atoms with Crippen molar-refractivity contribution in [3.05, 3.63) is 90.7 Å². The topological polar surface area (TPSA) is 33.5 Å². The standard InChI is InChI=1S/C19H15NO2/c1-2-11-20(19(21)18-8-5-12-22-18)14-15-9-10-16-6-3-4-7-17(16)13-15/h3-13H,1,14H2. The van der Waals surface area contributed by atoms with Crippen molar-refractivity contribution in [2.75, 3.05) is 0 Å². The lowest BCUT2D eigenvalue weighted by Crippen LogP contribution is -2.24. The molecule has 0 spiro atoms. The van der Waals surface area contributed by atoms with Crippen LogP contribution in [0.4, 0.5) is 0 Å². The number of amides is 1. The lowest BCUT2D eigenvalue weighted by molar-refractivity contribution is 0.0783. The first-order valence-corrected chi connectivity index (χ1v) is 6.96. The fourth-order valence-electron chi connectivity index (χ4n) is 2.36. The lowest BCUT2D eigenvalue weighted by Gasteiger charge is -2.16. The summed E-state index contributed by atoms with van der Waals surface area (Å²) in [7, 11) is 0. The zero-order valence-electron chi connectivity index (χ0n) is 12.0. The number of rotatable bonds is 4. The molecule has 0 radical (unpaired) electrons. The second kappa shape index (κ2) is 6.17. The highest BCUT2D eigenvalue weighted by atomic mass is 16.3. The Balaban J connectivity index is 1.89. The zero-order valence-corrected chi connectivity index (χ0v) is 12.0. The summed E-state index contributed by atoms with van der Waals surface area (Å²) in [6.07, 6.45) is 3.03. The second-order valence-corrected chi connectivity index (χ2v) is 4.93. The van der Waals surface area contributed by atoms with Gasteiger partial charge in [-0.1, -0.05) is 43.0 Å². The predicted molar refractivity (Wildman–Crippen MR) is 86.2 cm³/mol. The van der Waals surface area contributed by atoms with Crippen LogP contribution in [0.2, 0.25) is 0 Å². The molecule has 2 aromatic carbocycles. The number of carbonyl (C=O) groups excluding carboxylic acids is 1. The number of nitrogens with zero attached hydrogens (tertiary/aromatic N) is 1. The minimum absolute atomic E-state index is 0.214. The van der Waals surface area contributed by atoms with Crippen molar-refractivity contribution in [3.63, 3.8) is 0 Å².